The van der Waals surface area contributed by atoms with Crippen molar-refractivity contribution in [2.45, 2.75) is 46.5 Å². The number of carbonyl (C=O) groups excluding carboxylic acids is 1. The summed E-state index contributed by atoms with van der Waals surface area (Å²) >= 11 is 0. The molecule has 1 nitrogen and oxygen atoms in total. The molecule has 0 amide bonds. The minimum Gasteiger partial charge on any atom is -0.299 e. The Kier molecular flexibility index (Phi) is 6.12. The number of rotatable bonds is 2. The molecule has 0 aliphatic heterocycles. The van der Waals surface area contributed by atoms with Crippen molar-refractivity contribution in [3.05, 3.63) is 0 Å². The average molecular weight is 352 g/mol. The molecule has 13 heavy (non-hydrogen) atoms. The standard InChI is InChI=1S/C11H20O.W/c1-8(2)9(3)10-6-4-5-7-11(10)12;/h8-10H,4-7H2,1-3H3;. The normalized spacial score (nSPS) is 25.5. The molecule has 0 N–H and O–H groups in total. The molecule has 1 aliphatic carbocycles. The van der Waals surface area contributed by atoms with Gasteiger partial charge in [-0.15, -0.1) is 0 Å². The molecule has 2 unspecified atom stereocenters. The Morgan fingerprint density at radius 3 is 2.31 bits per heavy atom. The van der Waals surface area contributed by atoms with E-state index in [0.717, 1.165) is 19.3 Å². The zero-order valence-electron chi connectivity index (χ0n) is 8.88. The van der Waals surface area contributed by atoms with Crippen molar-refractivity contribution in [2.24, 2.45) is 17.8 Å². The molecule has 1 rings (SSSR count). The fourth-order valence-electron chi connectivity index (χ4n) is 2.03. The fourth-order valence-corrected chi connectivity index (χ4v) is 2.03. The van der Waals surface area contributed by atoms with Crippen LogP contribution in [0.3, 0.4) is 0 Å². The maximum Gasteiger partial charge on any atom is 0.136 e. The van der Waals surface area contributed by atoms with Crippen LogP contribution in [0.2, 0.25) is 0 Å². The van der Waals surface area contributed by atoms with E-state index in [1.54, 1.807) is 0 Å². The molecule has 0 aromatic rings. The molecule has 0 aromatic heterocycles. The monoisotopic (exact) mass is 352 g/mol. The Morgan fingerprint density at radius 2 is 1.85 bits per heavy atom. The summed E-state index contributed by atoms with van der Waals surface area (Å²) in [5, 5.41) is 0. The number of carbonyl (C=O) groups is 1. The average Bonchev–Trinajstić information content (AvgIpc) is 2.04. The van der Waals surface area contributed by atoms with E-state index in [9.17, 15) is 4.79 Å². The van der Waals surface area contributed by atoms with Crippen LogP contribution in [0.1, 0.15) is 46.5 Å². The van der Waals surface area contributed by atoms with Crippen molar-refractivity contribution in [1.82, 2.24) is 0 Å². The second kappa shape index (κ2) is 5.96. The van der Waals surface area contributed by atoms with E-state index in [1.165, 1.54) is 6.42 Å². The molecule has 0 spiro atoms. The van der Waals surface area contributed by atoms with Gasteiger partial charge in [0, 0.05) is 33.4 Å². The van der Waals surface area contributed by atoms with Gasteiger partial charge in [0.1, 0.15) is 5.78 Å². The molecular weight excluding hydrogens is 332 g/mol. The Balaban J connectivity index is 0.00000144. The van der Waals surface area contributed by atoms with Crippen molar-refractivity contribution in [1.29, 1.82) is 0 Å². The van der Waals surface area contributed by atoms with E-state index in [-0.39, 0.29) is 21.1 Å². The quantitative estimate of drug-likeness (QED) is 0.747. The molecule has 2 atom stereocenters. The number of ketones is 1. The van der Waals surface area contributed by atoms with Gasteiger partial charge < -0.3 is 0 Å². The predicted octanol–water partition coefficient (Wildman–Crippen LogP) is 3.04. The number of Topliss-reactive ketones (excluding diaryl/α,β-unsaturated/α-hetero) is 1. The topological polar surface area (TPSA) is 17.1 Å². The van der Waals surface area contributed by atoms with E-state index in [2.05, 4.69) is 20.8 Å². The van der Waals surface area contributed by atoms with Gasteiger partial charge in [0.15, 0.2) is 0 Å². The molecule has 1 aliphatic rings. The van der Waals surface area contributed by atoms with E-state index < -0.39 is 0 Å². The van der Waals surface area contributed by atoms with Crippen molar-refractivity contribution >= 4 is 5.78 Å². The van der Waals surface area contributed by atoms with Crippen LogP contribution in [-0.4, -0.2) is 5.78 Å². The van der Waals surface area contributed by atoms with Crippen molar-refractivity contribution < 1.29 is 25.9 Å². The minimum atomic E-state index is 0. The van der Waals surface area contributed by atoms with Crippen LogP contribution in [0.15, 0.2) is 0 Å². The van der Waals surface area contributed by atoms with Gasteiger partial charge in [0.2, 0.25) is 0 Å². The molecule has 2 heteroatoms. The van der Waals surface area contributed by atoms with Gasteiger partial charge >= 0.3 is 0 Å². The van der Waals surface area contributed by atoms with Crippen LogP contribution < -0.4 is 0 Å². The first-order valence-electron chi connectivity index (χ1n) is 5.15. The van der Waals surface area contributed by atoms with Crippen LogP contribution in [0.5, 0.6) is 0 Å². The Labute approximate surface area is 95.9 Å². The van der Waals surface area contributed by atoms with Gasteiger partial charge in [-0.1, -0.05) is 27.2 Å². The Hall–Kier alpha value is 0.358. The first kappa shape index (κ1) is 13.4. The summed E-state index contributed by atoms with van der Waals surface area (Å²) in [6.45, 7) is 6.65. The summed E-state index contributed by atoms with van der Waals surface area (Å²) in [7, 11) is 0. The second-order valence-electron chi connectivity index (χ2n) is 4.42. The van der Waals surface area contributed by atoms with E-state index in [4.69, 9.17) is 0 Å². The molecule has 1 saturated carbocycles. The predicted molar refractivity (Wildman–Crippen MR) is 51.0 cm³/mol. The first-order valence-corrected chi connectivity index (χ1v) is 5.15. The molecule has 0 aromatic carbocycles. The first-order chi connectivity index (χ1) is 5.63. The molecule has 76 valence electrons. The summed E-state index contributed by atoms with van der Waals surface area (Å²) < 4.78 is 0. The zero-order chi connectivity index (χ0) is 9.14. The largest absolute Gasteiger partial charge is 0.299 e. The summed E-state index contributed by atoms with van der Waals surface area (Å²) in [5.41, 5.74) is 0. The van der Waals surface area contributed by atoms with E-state index >= 15 is 0 Å². The summed E-state index contributed by atoms with van der Waals surface area (Å²) in [4.78, 5) is 11.5. The minimum absolute atomic E-state index is 0. The van der Waals surface area contributed by atoms with Gasteiger partial charge in [0.25, 0.3) is 0 Å². The van der Waals surface area contributed by atoms with E-state index in [0.29, 0.717) is 23.5 Å². The van der Waals surface area contributed by atoms with Gasteiger partial charge in [0.05, 0.1) is 0 Å². The number of hydrogen-bond acceptors (Lipinski definition) is 1. The molecule has 0 heterocycles. The van der Waals surface area contributed by atoms with Gasteiger partial charge in [-0.25, -0.2) is 0 Å². The van der Waals surface area contributed by atoms with E-state index in [1.807, 2.05) is 0 Å². The Bertz CT molecular complexity index is 165. The van der Waals surface area contributed by atoms with Gasteiger partial charge in [-0.3, -0.25) is 4.79 Å². The summed E-state index contributed by atoms with van der Waals surface area (Å²) in [6.07, 6.45) is 4.35. The third-order valence-corrected chi connectivity index (χ3v) is 3.29. The van der Waals surface area contributed by atoms with Crippen LogP contribution in [-0.2, 0) is 25.9 Å². The molecule has 1 fully saturated rings. The molecule has 0 radical (unpaired) electrons. The van der Waals surface area contributed by atoms with Crippen molar-refractivity contribution in [2.75, 3.05) is 0 Å². The summed E-state index contributed by atoms with van der Waals surface area (Å²) in [6, 6.07) is 0. The maximum atomic E-state index is 11.5. The second-order valence-corrected chi connectivity index (χ2v) is 4.42. The van der Waals surface area contributed by atoms with Gasteiger partial charge in [-0.05, 0) is 24.7 Å². The smallest absolute Gasteiger partial charge is 0.136 e. The molecule has 0 bridgehead atoms. The third kappa shape index (κ3) is 3.54. The maximum absolute atomic E-state index is 11.5. The summed E-state index contributed by atoms with van der Waals surface area (Å²) in [5.74, 6) is 2.12. The van der Waals surface area contributed by atoms with Crippen LogP contribution >= 0.6 is 0 Å². The Morgan fingerprint density at radius 1 is 1.23 bits per heavy atom. The van der Waals surface area contributed by atoms with Crippen molar-refractivity contribution in [3.8, 4) is 0 Å². The SMILES string of the molecule is CC(C)C(C)C1CCCCC1=O.[W]. The van der Waals surface area contributed by atoms with Gasteiger partial charge in [-0.2, -0.15) is 0 Å². The van der Waals surface area contributed by atoms with Crippen LogP contribution in [0.4, 0.5) is 0 Å². The number of hydrogen-bond donors (Lipinski definition) is 0. The third-order valence-electron chi connectivity index (χ3n) is 3.29. The fraction of sp³-hybridized carbons (Fsp3) is 0.909. The van der Waals surface area contributed by atoms with Crippen molar-refractivity contribution in [3.63, 3.8) is 0 Å². The van der Waals surface area contributed by atoms with Crippen LogP contribution in [0.25, 0.3) is 0 Å². The molecule has 0 saturated heterocycles. The molecular formula is C11H20OW. The zero-order valence-corrected chi connectivity index (χ0v) is 11.8. The van der Waals surface area contributed by atoms with Crippen LogP contribution in [0, 0.1) is 17.8 Å².